The molecule has 0 saturated heterocycles. The zero-order valence-corrected chi connectivity index (χ0v) is 11.5. The van der Waals surface area contributed by atoms with Crippen molar-refractivity contribution in [2.75, 3.05) is 6.54 Å². The van der Waals surface area contributed by atoms with E-state index in [2.05, 4.69) is 17.9 Å². The fourth-order valence-corrected chi connectivity index (χ4v) is 2.39. The number of nitrogens with zero attached hydrogens (tertiary/aromatic N) is 1. The highest BCUT2D eigenvalue weighted by Gasteiger charge is 2.24. The Hall–Kier alpha value is -0.570. The van der Waals surface area contributed by atoms with Gasteiger partial charge < -0.3 is 4.90 Å². The van der Waals surface area contributed by atoms with Crippen LogP contribution in [0, 0.1) is 5.92 Å². The van der Waals surface area contributed by atoms with Crippen molar-refractivity contribution in [3.05, 3.63) is 24.4 Å². The Labute approximate surface area is 108 Å². The van der Waals surface area contributed by atoms with Crippen LogP contribution in [0.15, 0.2) is 24.4 Å². The molecule has 2 nitrogen and oxygen atoms in total. The Balaban J connectivity index is 0.00000128. The van der Waals surface area contributed by atoms with E-state index in [-0.39, 0.29) is 17.0 Å². The lowest BCUT2D eigenvalue weighted by Crippen LogP contribution is -2.35. The molecule has 1 atom stereocenters. The van der Waals surface area contributed by atoms with Crippen molar-refractivity contribution in [1.29, 1.82) is 0 Å². The van der Waals surface area contributed by atoms with Gasteiger partial charge in [-0.25, -0.2) is 0 Å². The normalized spacial score (nSPS) is 24.6. The summed E-state index contributed by atoms with van der Waals surface area (Å²) in [6, 6.07) is 0.361. The van der Waals surface area contributed by atoms with Gasteiger partial charge in [0.1, 0.15) is 0 Å². The Morgan fingerprint density at radius 1 is 1.31 bits per heavy atom. The van der Waals surface area contributed by atoms with Gasteiger partial charge in [0.15, 0.2) is 5.78 Å². The van der Waals surface area contributed by atoms with Crippen LogP contribution < -0.4 is 0 Å². The molecule has 0 aromatic rings. The lowest BCUT2D eigenvalue weighted by Gasteiger charge is -2.27. The summed E-state index contributed by atoms with van der Waals surface area (Å²) in [7, 11) is 0. The topological polar surface area (TPSA) is 20.3 Å². The van der Waals surface area contributed by atoms with Gasteiger partial charge in [-0.3, -0.25) is 4.79 Å². The maximum Gasteiger partial charge on any atom is 0.155 e. The molecule has 0 N–H and O–H groups in total. The molecule has 1 aliphatic carbocycles. The molecule has 0 spiro atoms. The molecular formula is C13H20BrNO. The average Bonchev–Trinajstić information content (AvgIpc) is 2.74. The Morgan fingerprint density at radius 3 is 2.62 bits per heavy atom. The Kier molecular flexibility index (Phi) is 5.26. The van der Waals surface area contributed by atoms with Crippen molar-refractivity contribution in [3.63, 3.8) is 0 Å². The van der Waals surface area contributed by atoms with Crippen molar-refractivity contribution >= 4 is 22.8 Å². The number of hydrogen-bond donors (Lipinski definition) is 0. The number of allylic oxidation sites excluding steroid dienone is 2. The van der Waals surface area contributed by atoms with Crippen molar-refractivity contribution in [1.82, 2.24) is 4.90 Å². The maximum atomic E-state index is 12.0. The number of carbonyl (C=O) groups excluding carboxylic acids is 1. The molecule has 0 amide bonds. The molecule has 1 heterocycles. The third-order valence-electron chi connectivity index (χ3n) is 3.45. The highest BCUT2D eigenvalue weighted by atomic mass is 79.9. The molecule has 0 aromatic carbocycles. The zero-order valence-electron chi connectivity index (χ0n) is 9.76. The van der Waals surface area contributed by atoms with Crippen LogP contribution in [0.5, 0.6) is 0 Å². The van der Waals surface area contributed by atoms with Crippen molar-refractivity contribution in [3.8, 4) is 0 Å². The second-order valence-corrected chi connectivity index (χ2v) is 4.59. The van der Waals surface area contributed by atoms with Crippen LogP contribution in [-0.4, -0.2) is 23.3 Å². The van der Waals surface area contributed by atoms with Crippen LogP contribution in [0.2, 0.25) is 0 Å². The van der Waals surface area contributed by atoms with Crippen molar-refractivity contribution in [2.24, 2.45) is 5.92 Å². The van der Waals surface area contributed by atoms with E-state index in [1.54, 1.807) is 0 Å². The number of ketones is 1. The summed E-state index contributed by atoms with van der Waals surface area (Å²) in [6.45, 7) is 2.72. The molecule has 0 aromatic heterocycles. The third kappa shape index (κ3) is 3.21. The second kappa shape index (κ2) is 6.24. The van der Waals surface area contributed by atoms with Crippen LogP contribution >= 0.6 is 17.0 Å². The SMILES string of the molecule is Br.CC1C=CC=CN1CC(=O)C1CCCC1. The van der Waals surface area contributed by atoms with Gasteiger partial charge in [0, 0.05) is 18.2 Å². The van der Waals surface area contributed by atoms with E-state index >= 15 is 0 Å². The Morgan fingerprint density at radius 2 is 2.00 bits per heavy atom. The Bertz CT molecular complexity index is 292. The predicted octanol–water partition coefficient (Wildman–Crippen LogP) is 3.10. The summed E-state index contributed by atoms with van der Waals surface area (Å²) in [5, 5.41) is 0. The minimum absolute atomic E-state index is 0. The van der Waals surface area contributed by atoms with Gasteiger partial charge in [-0.2, -0.15) is 0 Å². The van der Waals surface area contributed by atoms with E-state index in [0.29, 0.717) is 24.3 Å². The second-order valence-electron chi connectivity index (χ2n) is 4.59. The van der Waals surface area contributed by atoms with Crippen LogP contribution in [0.4, 0.5) is 0 Å². The highest BCUT2D eigenvalue weighted by Crippen LogP contribution is 2.26. The van der Waals surface area contributed by atoms with E-state index in [4.69, 9.17) is 0 Å². The lowest BCUT2D eigenvalue weighted by molar-refractivity contribution is -0.123. The molecule has 1 aliphatic heterocycles. The molecule has 16 heavy (non-hydrogen) atoms. The van der Waals surface area contributed by atoms with Crippen molar-refractivity contribution in [2.45, 2.75) is 38.6 Å². The predicted molar refractivity (Wildman–Crippen MR) is 71.7 cm³/mol. The van der Waals surface area contributed by atoms with E-state index in [1.807, 2.05) is 18.4 Å². The standard InChI is InChI=1S/C13H19NO.BrH/c1-11-6-4-5-9-14(11)10-13(15)12-7-2-3-8-12;/h4-6,9,11-12H,2-3,7-8,10H2,1H3;1H. The monoisotopic (exact) mass is 285 g/mol. The number of rotatable bonds is 3. The maximum absolute atomic E-state index is 12.0. The molecule has 3 heteroatoms. The van der Waals surface area contributed by atoms with E-state index in [9.17, 15) is 4.79 Å². The summed E-state index contributed by atoms with van der Waals surface area (Å²) >= 11 is 0. The summed E-state index contributed by atoms with van der Waals surface area (Å²) in [5.41, 5.74) is 0. The van der Waals surface area contributed by atoms with Crippen LogP contribution in [0.1, 0.15) is 32.6 Å². The van der Waals surface area contributed by atoms with Gasteiger partial charge >= 0.3 is 0 Å². The third-order valence-corrected chi connectivity index (χ3v) is 3.45. The first-order valence-corrected chi connectivity index (χ1v) is 5.91. The van der Waals surface area contributed by atoms with Crippen molar-refractivity contribution < 1.29 is 4.79 Å². The van der Waals surface area contributed by atoms with E-state index in [0.717, 1.165) is 12.8 Å². The largest absolute Gasteiger partial charge is 0.364 e. The van der Waals surface area contributed by atoms with Crippen LogP contribution in [0.3, 0.4) is 0 Å². The highest BCUT2D eigenvalue weighted by molar-refractivity contribution is 8.93. The molecule has 1 saturated carbocycles. The molecule has 2 aliphatic rings. The van der Waals surface area contributed by atoms with E-state index in [1.165, 1.54) is 12.8 Å². The first kappa shape index (κ1) is 13.5. The molecule has 0 radical (unpaired) electrons. The van der Waals surface area contributed by atoms with Crippen LogP contribution in [-0.2, 0) is 4.79 Å². The number of Topliss-reactive ketones (excluding diaryl/α,β-unsaturated/α-hetero) is 1. The zero-order chi connectivity index (χ0) is 10.7. The number of carbonyl (C=O) groups is 1. The van der Waals surface area contributed by atoms with Gasteiger partial charge in [0.25, 0.3) is 0 Å². The fourth-order valence-electron chi connectivity index (χ4n) is 2.39. The number of hydrogen-bond acceptors (Lipinski definition) is 2. The van der Waals surface area contributed by atoms with Gasteiger partial charge in [0.2, 0.25) is 0 Å². The summed E-state index contributed by atoms with van der Waals surface area (Å²) < 4.78 is 0. The van der Waals surface area contributed by atoms with E-state index < -0.39 is 0 Å². The van der Waals surface area contributed by atoms with Gasteiger partial charge in [-0.1, -0.05) is 25.0 Å². The molecule has 2 rings (SSSR count). The molecular weight excluding hydrogens is 266 g/mol. The van der Waals surface area contributed by atoms with Crippen LogP contribution in [0.25, 0.3) is 0 Å². The first-order chi connectivity index (χ1) is 7.27. The average molecular weight is 286 g/mol. The van der Waals surface area contributed by atoms with Gasteiger partial charge in [-0.15, -0.1) is 17.0 Å². The minimum Gasteiger partial charge on any atom is -0.364 e. The molecule has 0 bridgehead atoms. The summed E-state index contributed by atoms with van der Waals surface area (Å²) in [4.78, 5) is 14.1. The summed E-state index contributed by atoms with van der Waals surface area (Å²) in [6.07, 6.45) is 12.9. The molecule has 90 valence electrons. The van der Waals surface area contributed by atoms with Gasteiger partial charge in [-0.05, 0) is 25.8 Å². The van der Waals surface area contributed by atoms with Gasteiger partial charge in [0.05, 0.1) is 6.54 Å². The number of halogens is 1. The first-order valence-electron chi connectivity index (χ1n) is 5.91. The quantitative estimate of drug-likeness (QED) is 0.794. The molecule has 1 unspecified atom stereocenters. The summed E-state index contributed by atoms with van der Waals surface area (Å²) in [5.74, 6) is 0.774. The fraction of sp³-hybridized carbons (Fsp3) is 0.615. The lowest BCUT2D eigenvalue weighted by atomic mass is 10.0. The smallest absolute Gasteiger partial charge is 0.155 e. The minimum atomic E-state index is 0. The molecule has 1 fully saturated rings.